The van der Waals surface area contributed by atoms with E-state index in [0.717, 1.165) is 19.3 Å². The number of aromatic nitrogens is 6. The van der Waals surface area contributed by atoms with Gasteiger partial charge in [0.25, 0.3) is 5.91 Å². The van der Waals surface area contributed by atoms with Gasteiger partial charge in [-0.2, -0.15) is 5.10 Å². The maximum Gasteiger partial charge on any atom is 0.274 e. The van der Waals surface area contributed by atoms with Crippen LogP contribution in [0, 0.1) is 5.41 Å². The number of hydrogen-bond acceptors (Lipinski definition) is 6. The number of aromatic amines is 1. The van der Waals surface area contributed by atoms with E-state index in [-0.39, 0.29) is 11.3 Å². The van der Waals surface area contributed by atoms with E-state index in [9.17, 15) is 4.79 Å². The Bertz CT molecular complexity index is 701. The van der Waals surface area contributed by atoms with Crippen molar-refractivity contribution < 1.29 is 9.53 Å². The standard InChI is InChI=1S/C14H19N7O2/c1-13(7-23-8-13)6-21-5-10(18-20-21)11(22)17-14(3-2-4-14)12-15-9-16-19-12/h5,9H,2-4,6-8H2,1H3,(H,17,22)(H,15,16,19). The predicted octanol–water partition coefficient (Wildman–Crippen LogP) is 0.242. The first-order valence-electron chi connectivity index (χ1n) is 7.75. The summed E-state index contributed by atoms with van der Waals surface area (Å²) in [5.74, 6) is 0.464. The van der Waals surface area contributed by atoms with E-state index in [2.05, 4.69) is 37.7 Å². The average molecular weight is 317 g/mol. The molecule has 0 atom stereocenters. The molecule has 2 aromatic rings. The van der Waals surface area contributed by atoms with E-state index in [4.69, 9.17) is 4.74 Å². The number of nitrogens with zero attached hydrogens (tertiary/aromatic N) is 5. The molecular weight excluding hydrogens is 298 g/mol. The van der Waals surface area contributed by atoms with Gasteiger partial charge in [-0.25, -0.2) is 4.98 Å². The second-order valence-corrected chi connectivity index (χ2v) is 6.83. The smallest absolute Gasteiger partial charge is 0.274 e. The molecule has 2 fully saturated rings. The van der Waals surface area contributed by atoms with Crippen LogP contribution in [0.1, 0.15) is 42.5 Å². The topological polar surface area (TPSA) is 111 Å². The maximum absolute atomic E-state index is 12.5. The number of amides is 1. The zero-order chi connectivity index (χ0) is 15.9. The highest BCUT2D eigenvalue weighted by molar-refractivity contribution is 5.92. The summed E-state index contributed by atoms with van der Waals surface area (Å²) < 4.78 is 6.94. The lowest BCUT2D eigenvalue weighted by Gasteiger charge is -2.40. The molecule has 122 valence electrons. The van der Waals surface area contributed by atoms with E-state index >= 15 is 0 Å². The van der Waals surface area contributed by atoms with Gasteiger partial charge in [0.05, 0.1) is 31.5 Å². The van der Waals surface area contributed by atoms with Crippen molar-refractivity contribution in [2.24, 2.45) is 5.41 Å². The summed E-state index contributed by atoms with van der Waals surface area (Å²) in [6.07, 6.45) is 5.88. The molecule has 3 heterocycles. The van der Waals surface area contributed by atoms with Gasteiger partial charge < -0.3 is 10.1 Å². The fraction of sp³-hybridized carbons (Fsp3) is 0.643. The Balaban J connectivity index is 1.46. The second kappa shape index (κ2) is 5.12. The van der Waals surface area contributed by atoms with E-state index in [0.29, 0.717) is 31.3 Å². The van der Waals surface area contributed by atoms with Gasteiger partial charge >= 0.3 is 0 Å². The first-order valence-corrected chi connectivity index (χ1v) is 7.75. The van der Waals surface area contributed by atoms with Gasteiger partial charge in [0.15, 0.2) is 5.69 Å². The summed E-state index contributed by atoms with van der Waals surface area (Å²) in [7, 11) is 0. The molecule has 1 saturated carbocycles. The van der Waals surface area contributed by atoms with Crippen LogP contribution < -0.4 is 5.32 Å². The monoisotopic (exact) mass is 317 g/mol. The SMILES string of the molecule is CC1(Cn2cc(C(=O)NC3(c4ncn[nH]4)CCC3)nn2)COC1. The van der Waals surface area contributed by atoms with Crippen LogP contribution in [0.5, 0.6) is 0 Å². The lowest BCUT2D eigenvalue weighted by molar-refractivity contribution is -0.111. The number of ether oxygens (including phenoxy) is 1. The number of carbonyl (C=O) groups excluding carboxylic acids is 1. The normalized spacial score (nSPS) is 21.3. The summed E-state index contributed by atoms with van der Waals surface area (Å²) >= 11 is 0. The van der Waals surface area contributed by atoms with Crippen molar-refractivity contribution in [2.75, 3.05) is 13.2 Å². The molecule has 9 nitrogen and oxygen atoms in total. The van der Waals surface area contributed by atoms with Crippen LogP contribution in [-0.2, 0) is 16.8 Å². The minimum atomic E-state index is -0.453. The van der Waals surface area contributed by atoms with E-state index in [1.54, 1.807) is 10.9 Å². The summed E-state index contributed by atoms with van der Waals surface area (Å²) in [6, 6.07) is 0. The third-order valence-corrected chi connectivity index (χ3v) is 4.64. The number of hydrogen-bond donors (Lipinski definition) is 2. The van der Waals surface area contributed by atoms with Crippen molar-refractivity contribution in [3.05, 3.63) is 24.0 Å². The molecule has 2 aliphatic rings. The van der Waals surface area contributed by atoms with Crippen molar-refractivity contribution in [3.8, 4) is 0 Å². The van der Waals surface area contributed by atoms with Gasteiger partial charge in [0.1, 0.15) is 12.2 Å². The molecule has 0 radical (unpaired) electrons. The van der Waals surface area contributed by atoms with Crippen LogP contribution >= 0.6 is 0 Å². The van der Waals surface area contributed by atoms with Gasteiger partial charge in [0, 0.05) is 5.41 Å². The van der Waals surface area contributed by atoms with Gasteiger partial charge in [-0.05, 0) is 19.3 Å². The van der Waals surface area contributed by atoms with Crippen molar-refractivity contribution in [3.63, 3.8) is 0 Å². The molecule has 0 unspecified atom stereocenters. The van der Waals surface area contributed by atoms with Gasteiger partial charge in [-0.1, -0.05) is 12.1 Å². The molecule has 1 aliphatic heterocycles. The summed E-state index contributed by atoms with van der Waals surface area (Å²) in [5.41, 5.74) is -0.0543. The predicted molar refractivity (Wildman–Crippen MR) is 78.3 cm³/mol. The Labute approximate surface area is 132 Å². The van der Waals surface area contributed by atoms with Crippen LogP contribution in [-0.4, -0.2) is 49.3 Å². The highest BCUT2D eigenvalue weighted by atomic mass is 16.5. The highest BCUT2D eigenvalue weighted by Gasteiger charge is 2.43. The molecule has 9 heteroatoms. The Morgan fingerprint density at radius 1 is 1.48 bits per heavy atom. The molecular formula is C14H19N7O2. The molecule has 0 bridgehead atoms. The van der Waals surface area contributed by atoms with Crippen LogP contribution in [0.2, 0.25) is 0 Å². The molecule has 23 heavy (non-hydrogen) atoms. The van der Waals surface area contributed by atoms with Crippen LogP contribution in [0.15, 0.2) is 12.5 Å². The van der Waals surface area contributed by atoms with Gasteiger partial charge in [0.2, 0.25) is 0 Å². The van der Waals surface area contributed by atoms with Crippen LogP contribution in [0.3, 0.4) is 0 Å². The number of H-pyrrole nitrogens is 1. The van der Waals surface area contributed by atoms with Crippen LogP contribution in [0.25, 0.3) is 0 Å². The Hall–Kier alpha value is -2.29. The Morgan fingerprint density at radius 2 is 2.30 bits per heavy atom. The zero-order valence-electron chi connectivity index (χ0n) is 12.9. The molecule has 2 N–H and O–H groups in total. The number of rotatable bonds is 5. The van der Waals surface area contributed by atoms with Gasteiger partial charge in [-0.3, -0.25) is 14.6 Å². The summed E-state index contributed by atoms with van der Waals surface area (Å²) in [6.45, 7) is 4.25. The number of carbonyl (C=O) groups is 1. The van der Waals surface area contributed by atoms with Crippen molar-refractivity contribution in [2.45, 2.75) is 38.3 Å². The zero-order valence-corrected chi connectivity index (χ0v) is 12.9. The fourth-order valence-electron chi connectivity index (χ4n) is 3.08. The third-order valence-electron chi connectivity index (χ3n) is 4.64. The number of nitrogens with one attached hydrogen (secondary N) is 2. The highest BCUT2D eigenvalue weighted by Crippen LogP contribution is 2.39. The first kappa shape index (κ1) is 14.3. The molecule has 1 saturated heterocycles. The van der Waals surface area contributed by atoms with Crippen molar-refractivity contribution in [1.29, 1.82) is 0 Å². The Morgan fingerprint density at radius 3 is 2.87 bits per heavy atom. The third kappa shape index (κ3) is 2.50. The average Bonchev–Trinajstić information content (AvgIpc) is 3.12. The molecule has 2 aromatic heterocycles. The maximum atomic E-state index is 12.5. The van der Waals surface area contributed by atoms with Crippen molar-refractivity contribution >= 4 is 5.91 Å². The lowest BCUT2D eigenvalue weighted by Crippen LogP contribution is -2.51. The quantitative estimate of drug-likeness (QED) is 0.817. The Kier molecular flexibility index (Phi) is 3.19. The largest absolute Gasteiger partial charge is 0.380 e. The minimum absolute atomic E-state index is 0.0798. The van der Waals surface area contributed by atoms with E-state index in [1.165, 1.54) is 6.33 Å². The molecule has 0 aromatic carbocycles. The minimum Gasteiger partial charge on any atom is -0.380 e. The second-order valence-electron chi connectivity index (χ2n) is 6.83. The van der Waals surface area contributed by atoms with Gasteiger partial charge in [-0.15, -0.1) is 5.10 Å². The lowest BCUT2D eigenvalue weighted by atomic mass is 9.76. The molecule has 1 amide bonds. The molecule has 0 spiro atoms. The fourth-order valence-corrected chi connectivity index (χ4v) is 3.08. The van der Waals surface area contributed by atoms with E-state index in [1.807, 2.05) is 0 Å². The molecule has 1 aliphatic carbocycles. The van der Waals surface area contributed by atoms with Crippen molar-refractivity contribution in [1.82, 2.24) is 35.5 Å². The summed E-state index contributed by atoms with van der Waals surface area (Å²) in [5, 5.41) is 17.8. The van der Waals surface area contributed by atoms with Crippen LogP contribution in [0.4, 0.5) is 0 Å². The van der Waals surface area contributed by atoms with E-state index < -0.39 is 5.54 Å². The first-order chi connectivity index (χ1) is 11.1. The summed E-state index contributed by atoms with van der Waals surface area (Å²) in [4.78, 5) is 16.7. The molecule has 4 rings (SSSR count).